The average molecular weight is 398 g/mol. The van der Waals surface area contributed by atoms with E-state index in [1.165, 1.54) is 23.9 Å². The van der Waals surface area contributed by atoms with Crippen LogP contribution in [-0.4, -0.2) is 16.8 Å². The topological polar surface area (TPSA) is 106 Å². The highest BCUT2D eigenvalue weighted by atomic mass is 32.2. The minimum Gasteiger partial charge on any atom is -0.379 e. The molecule has 0 bridgehead atoms. The van der Waals surface area contributed by atoms with Crippen LogP contribution in [0.25, 0.3) is 0 Å². The van der Waals surface area contributed by atoms with Crippen LogP contribution in [0.15, 0.2) is 33.8 Å². The van der Waals surface area contributed by atoms with Gasteiger partial charge >= 0.3 is 0 Å². The Balaban J connectivity index is 2.33. The monoisotopic (exact) mass is 397 g/mol. The summed E-state index contributed by atoms with van der Waals surface area (Å²) in [7, 11) is 0. The number of thiol groups is 1. The molecular formula is C17H24FN5OS2. The van der Waals surface area contributed by atoms with Gasteiger partial charge in [0.1, 0.15) is 5.82 Å². The number of amides is 1. The number of halogens is 1. The number of hydrogen-bond acceptors (Lipinski definition) is 7. The standard InChI is InChI=1S/C17H24FN5OS2/c1-9(2)13(23-20)14(25)15(24)21-10-4-5-12(18)11(8-10)17(3)6-7-26-16(19)22-17/h4-5,8-9,23,25H,6-7,20H2,1-3H3,(H2,19,22)(H,21,24)/b14-13-/t17-/m0/s1. The number of aliphatic imine (C=N–C) groups is 1. The molecule has 142 valence electrons. The van der Waals surface area contributed by atoms with Crippen molar-refractivity contribution in [2.24, 2.45) is 22.5 Å². The van der Waals surface area contributed by atoms with Crippen LogP contribution in [0.5, 0.6) is 0 Å². The Hall–Kier alpha value is -1.71. The number of anilines is 1. The maximum Gasteiger partial charge on any atom is 0.263 e. The van der Waals surface area contributed by atoms with Crippen LogP contribution in [0.1, 0.15) is 32.8 Å². The summed E-state index contributed by atoms with van der Waals surface area (Å²) in [5.74, 6) is 5.40. The molecule has 6 N–H and O–H groups in total. The summed E-state index contributed by atoms with van der Waals surface area (Å²) in [6.07, 6.45) is 0.652. The molecule has 1 aromatic carbocycles. The highest BCUT2D eigenvalue weighted by molar-refractivity contribution is 8.13. The highest BCUT2D eigenvalue weighted by Gasteiger charge is 2.32. The minimum atomic E-state index is -0.762. The molecule has 0 saturated heterocycles. The zero-order chi connectivity index (χ0) is 19.5. The van der Waals surface area contributed by atoms with E-state index >= 15 is 0 Å². The first-order chi connectivity index (χ1) is 12.2. The number of thioether (sulfide) groups is 1. The van der Waals surface area contributed by atoms with Gasteiger partial charge in [0.05, 0.1) is 10.4 Å². The maximum atomic E-state index is 14.4. The molecule has 1 heterocycles. The summed E-state index contributed by atoms with van der Waals surface area (Å²) in [5.41, 5.74) is 8.91. The van der Waals surface area contributed by atoms with Crippen molar-refractivity contribution in [3.63, 3.8) is 0 Å². The van der Waals surface area contributed by atoms with Gasteiger partial charge in [-0.15, -0.1) is 12.6 Å². The number of allylic oxidation sites excluding steroid dienone is 1. The second kappa shape index (κ2) is 8.32. The Morgan fingerprint density at radius 1 is 1.46 bits per heavy atom. The second-order valence-electron chi connectivity index (χ2n) is 6.53. The van der Waals surface area contributed by atoms with E-state index in [2.05, 4.69) is 28.4 Å². The Bertz CT molecular complexity index is 766. The van der Waals surface area contributed by atoms with E-state index in [-0.39, 0.29) is 16.6 Å². The van der Waals surface area contributed by atoms with Crippen LogP contribution in [0.4, 0.5) is 10.1 Å². The van der Waals surface area contributed by atoms with Crippen LogP contribution in [-0.2, 0) is 10.3 Å². The third kappa shape index (κ3) is 4.52. The first-order valence-corrected chi connectivity index (χ1v) is 9.60. The third-order valence-electron chi connectivity index (χ3n) is 4.20. The minimum absolute atomic E-state index is 0.00186. The normalized spacial score (nSPS) is 21.1. The number of nitrogens with zero attached hydrogens (tertiary/aromatic N) is 1. The smallest absolute Gasteiger partial charge is 0.263 e. The lowest BCUT2D eigenvalue weighted by Crippen LogP contribution is -2.30. The van der Waals surface area contributed by atoms with Gasteiger partial charge in [0.25, 0.3) is 5.91 Å². The van der Waals surface area contributed by atoms with Crippen molar-refractivity contribution in [2.75, 3.05) is 11.1 Å². The summed E-state index contributed by atoms with van der Waals surface area (Å²) in [6, 6.07) is 4.40. The molecule has 2 rings (SSSR count). The maximum absolute atomic E-state index is 14.4. The molecule has 0 spiro atoms. The van der Waals surface area contributed by atoms with Gasteiger partial charge in [-0.05, 0) is 37.5 Å². The van der Waals surface area contributed by atoms with Crippen LogP contribution < -0.4 is 22.3 Å². The van der Waals surface area contributed by atoms with Crippen LogP contribution in [0, 0.1) is 11.7 Å². The van der Waals surface area contributed by atoms with Crippen molar-refractivity contribution in [2.45, 2.75) is 32.7 Å². The highest BCUT2D eigenvalue weighted by Crippen LogP contribution is 2.37. The van der Waals surface area contributed by atoms with Gasteiger partial charge in [-0.25, -0.2) is 4.39 Å². The predicted molar refractivity (Wildman–Crippen MR) is 109 cm³/mol. The average Bonchev–Trinajstić information content (AvgIpc) is 2.56. The van der Waals surface area contributed by atoms with E-state index in [0.29, 0.717) is 28.5 Å². The Labute approximate surface area is 162 Å². The fourth-order valence-corrected chi connectivity index (χ4v) is 4.07. The number of nitrogens with one attached hydrogen (secondary N) is 2. The summed E-state index contributed by atoms with van der Waals surface area (Å²) in [5, 5.41) is 3.16. The van der Waals surface area contributed by atoms with E-state index in [9.17, 15) is 9.18 Å². The first-order valence-electron chi connectivity index (χ1n) is 8.17. The summed E-state index contributed by atoms with van der Waals surface area (Å²) >= 11 is 5.70. The molecular weight excluding hydrogens is 373 g/mol. The Kier molecular flexibility index (Phi) is 6.59. The number of nitrogens with two attached hydrogens (primary N) is 2. The molecule has 0 aliphatic carbocycles. The zero-order valence-corrected chi connectivity index (χ0v) is 16.7. The van der Waals surface area contributed by atoms with Gasteiger partial charge in [0, 0.05) is 22.7 Å². The number of carbonyl (C=O) groups excluding carboxylic acids is 1. The number of amidine groups is 1. The van der Waals surface area contributed by atoms with Gasteiger partial charge in [-0.3, -0.25) is 15.6 Å². The molecule has 0 radical (unpaired) electrons. The van der Waals surface area contributed by atoms with Crippen molar-refractivity contribution in [3.05, 3.63) is 40.2 Å². The van der Waals surface area contributed by atoms with E-state index in [1.54, 1.807) is 6.07 Å². The molecule has 1 atom stereocenters. The van der Waals surface area contributed by atoms with Gasteiger partial charge in [-0.1, -0.05) is 25.6 Å². The lowest BCUT2D eigenvalue weighted by atomic mass is 9.89. The fourth-order valence-electron chi connectivity index (χ4n) is 2.72. The molecule has 26 heavy (non-hydrogen) atoms. The molecule has 1 aliphatic heterocycles. The number of rotatable bonds is 5. The Morgan fingerprint density at radius 2 is 2.15 bits per heavy atom. The van der Waals surface area contributed by atoms with Gasteiger partial charge in [-0.2, -0.15) is 0 Å². The number of carbonyl (C=O) groups is 1. The quantitative estimate of drug-likeness (QED) is 0.227. The van der Waals surface area contributed by atoms with Gasteiger partial charge < -0.3 is 16.5 Å². The van der Waals surface area contributed by atoms with Crippen molar-refractivity contribution in [1.29, 1.82) is 0 Å². The van der Waals surface area contributed by atoms with Crippen molar-refractivity contribution in [1.82, 2.24) is 5.43 Å². The van der Waals surface area contributed by atoms with E-state index in [0.717, 1.165) is 5.75 Å². The largest absolute Gasteiger partial charge is 0.379 e. The third-order valence-corrected chi connectivity index (χ3v) is 5.44. The molecule has 1 aliphatic rings. The predicted octanol–water partition coefficient (Wildman–Crippen LogP) is 2.69. The second-order valence-corrected chi connectivity index (χ2v) is 8.09. The number of benzene rings is 1. The van der Waals surface area contributed by atoms with Crippen LogP contribution in [0.3, 0.4) is 0 Å². The molecule has 0 fully saturated rings. The lowest BCUT2D eigenvalue weighted by molar-refractivity contribution is -0.112. The van der Waals surface area contributed by atoms with E-state index in [4.69, 9.17) is 11.6 Å². The number of hydrazine groups is 1. The van der Waals surface area contributed by atoms with Crippen LogP contribution >= 0.6 is 24.4 Å². The summed E-state index contributed by atoms with van der Waals surface area (Å²) in [6.45, 7) is 5.61. The summed E-state index contributed by atoms with van der Waals surface area (Å²) in [4.78, 5) is 17.0. The van der Waals surface area contributed by atoms with Gasteiger partial charge in [0.15, 0.2) is 5.17 Å². The Morgan fingerprint density at radius 3 is 2.73 bits per heavy atom. The van der Waals surface area contributed by atoms with E-state index in [1.807, 2.05) is 20.8 Å². The molecule has 0 aromatic heterocycles. The molecule has 1 aromatic rings. The van der Waals surface area contributed by atoms with Crippen LogP contribution in [0.2, 0.25) is 0 Å². The molecule has 0 unspecified atom stereocenters. The SMILES string of the molecule is CC(C)/C(NN)=C(/S)C(=O)Nc1ccc(F)c([C@]2(C)CCSC(N)=N2)c1. The van der Waals surface area contributed by atoms with E-state index < -0.39 is 11.4 Å². The zero-order valence-electron chi connectivity index (χ0n) is 15.0. The van der Waals surface area contributed by atoms with Crippen molar-refractivity contribution < 1.29 is 9.18 Å². The fraction of sp³-hybridized carbons (Fsp3) is 0.412. The summed E-state index contributed by atoms with van der Waals surface area (Å²) < 4.78 is 14.4. The first kappa shape index (κ1) is 20.6. The molecule has 9 heteroatoms. The van der Waals surface area contributed by atoms with Crippen molar-refractivity contribution in [3.8, 4) is 0 Å². The van der Waals surface area contributed by atoms with Gasteiger partial charge in [0.2, 0.25) is 0 Å². The van der Waals surface area contributed by atoms with Crippen molar-refractivity contribution >= 4 is 41.2 Å². The number of hydrogen-bond donors (Lipinski definition) is 5. The molecule has 1 amide bonds. The molecule has 0 saturated carbocycles. The lowest BCUT2D eigenvalue weighted by Gasteiger charge is -2.30. The molecule has 6 nitrogen and oxygen atoms in total.